The predicted molar refractivity (Wildman–Crippen MR) is 89.9 cm³/mol. The first-order valence-corrected chi connectivity index (χ1v) is 8.11. The number of carbonyl (C=O) groups excluding carboxylic acids is 1. The van der Waals surface area contributed by atoms with Gasteiger partial charge in [-0.3, -0.25) is 4.79 Å². The van der Waals surface area contributed by atoms with Gasteiger partial charge in [0.1, 0.15) is 11.5 Å². The first kappa shape index (κ1) is 16.1. The molecule has 0 aliphatic carbocycles. The van der Waals surface area contributed by atoms with Crippen LogP contribution in [0.25, 0.3) is 0 Å². The van der Waals surface area contributed by atoms with E-state index in [4.69, 9.17) is 16.3 Å². The maximum Gasteiger partial charge on any atom is 0.176 e. The lowest BCUT2D eigenvalue weighted by Gasteiger charge is -2.09. The van der Waals surface area contributed by atoms with E-state index in [9.17, 15) is 4.79 Å². The number of rotatable bonds is 6. The number of halogens is 2. The molecule has 0 fully saturated rings. The van der Waals surface area contributed by atoms with Gasteiger partial charge in [-0.15, -0.1) is 0 Å². The Morgan fingerprint density at radius 1 is 1.10 bits per heavy atom. The molecule has 0 amide bonds. The van der Waals surface area contributed by atoms with E-state index in [-0.39, 0.29) is 10.6 Å². The Hall–Kier alpha value is -1.32. The van der Waals surface area contributed by atoms with Crippen molar-refractivity contribution < 1.29 is 9.53 Å². The van der Waals surface area contributed by atoms with E-state index in [1.54, 1.807) is 48.5 Å². The van der Waals surface area contributed by atoms with Gasteiger partial charge in [-0.25, -0.2) is 0 Å². The zero-order chi connectivity index (χ0) is 15.2. The van der Waals surface area contributed by atoms with Crippen LogP contribution in [0.15, 0.2) is 48.5 Å². The number of ether oxygens (including phenoxy) is 1. The molecule has 2 aromatic carbocycles. The summed E-state index contributed by atoms with van der Waals surface area (Å²) in [6.45, 7) is 2.06. The molecular weight excluding hydrogens is 352 g/mol. The van der Waals surface area contributed by atoms with Crippen molar-refractivity contribution in [1.29, 1.82) is 0 Å². The van der Waals surface area contributed by atoms with Gasteiger partial charge in [0.25, 0.3) is 0 Å². The van der Waals surface area contributed by atoms with Crippen LogP contribution in [0.5, 0.6) is 11.5 Å². The zero-order valence-electron chi connectivity index (χ0n) is 11.7. The normalized spacial score (nSPS) is 12.0. The Morgan fingerprint density at radius 2 is 1.62 bits per heavy atom. The molecule has 0 saturated heterocycles. The van der Waals surface area contributed by atoms with Crippen LogP contribution in [0, 0.1) is 0 Å². The van der Waals surface area contributed by atoms with Crippen molar-refractivity contribution >= 4 is 33.3 Å². The van der Waals surface area contributed by atoms with Crippen molar-refractivity contribution in [3.8, 4) is 11.5 Å². The highest BCUT2D eigenvalue weighted by Crippen LogP contribution is 2.24. The monoisotopic (exact) mass is 366 g/mol. The molecule has 0 aromatic heterocycles. The van der Waals surface area contributed by atoms with Gasteiger partial charge in [0.2, 0.25) is 0 Å². The molecule has 0 bridgehead atoms. The van der Waals surface area contributed by atoms with Gasteiger partial charge in [0, 0.05) is 10.6 Å². The third-order valence-corrected chi connectivity index (χ3v) is 4.14. The van der Waals surface area contributed by atoms with Crippen LogP contribution in [0.3, 0.4) is 0 Å². The molecule has 0 heterocycles. The summed E-state index contributed by atoms with van der Waals surface area (Å²) in [4.78, 5) is 12.0. The summed E-state index contributed by atoms with van der Waals surface area (Å²) in [5, 5.41) is 0.669. The van der Waals surface area contributed by atoms with E-state index >= 15 is 0 Å². The lowest BCUT2D eigenvalue weighted by Crippen LogP contribution is -2.13. The van der Waals surface area contributed by atoms with Crippen molar-refractivity contribution in [2.45, 2.75) is 24.6 Å². The smallest absolute Gasteiger partial charge is 0.176 e. The van der Waals surface area contributed by atoms with E-state index in [0.29, 0.717) is 22.1 Å². The average molecular weight is 368 g/mol. The number of alkyl halides is 1. The molecule has 0 aliphatic rings. The van der Waals surface area contributed by atoms with E-state index in [2.05, 4.69) is 22.9 Å². The van der Waals surface area contributed by atoms with Gasteiger partial charge in [0.05, 0.1) is 4.83 Å². The van der Waals surface area contributed by atoms with Crippen LogP contribution in [0.4, 0.5) is 0 Å². The molecule has 0 aliphatic heterocycles. The number of Topliss-reactive ketones (excluding diaryl/α,β-unsaturated/α-hetero) is 1. The molecule has 0 N–H and O–H groups in total. The van der Waals surface area contributed by atoms with Crippen LogP contribution >= 0.6 is 27.5 Å². The van der Waals surface area contributed by atoms with Crippen LogP contribution in [0.1, 0.15) is 30.1 Å². The SMILES string of the molecule is CCCC(Br)C(=O)c1ccc(Oc2ccc(Cl)cc2)cc1. The van der Waals surface area contributed by atoms with Crippen LogP contribution in [-0.2, 0) is 0 Å². The maximum absolute atomic E-state index is 12.1. The molecule has 0 spiro atoms. The van der Waals surface area contributed by atoms with Crippen molar-refractivity contribution in [3.05, 3.63) is 59.1 Å². The topological polar surface area (TPSA) is 26.3 Å². The Balaban J connectivity index is 2.05. The number of hydrogen-bond donors (Lipinski definition) is 0. The van der Waals surface area contributed by atoms with E-state index in [1.165, 1.54) is 0 Å². The Bertz CT molecular complexity index is 593. The van der Waals surface area contributed by atoms with Gasteiger partial charge < -0.3 is 4.74 Å². The third kappa shape index (κ3) is 4.58. The minimum Gasteiger partial charge on any atom is -0.457 e. The lowest BCUT2D eigenvalue weighted by molar-refractivity contribution is 0.0988. The summed E-state index contributed by atoms with van der Waals surface area (Å²) in [6, 6.07) is 14.3. The Kier molecular flexibility index (Phi) is 5.83. The van der Waals surface area contributed by atoms with Gasteiger partial charge in [-0.1, -0.05) is 40.9 Å². The minimum atomic E-state index is -0.120. The highest BCUT2D eigenvalue weighted by molar-refractivity contribution is 9.10. The quantitative estimate of drug-likeness (QED) is 0.471. The molecule has 2 aromatic rings. The summed E-state index contributed by atoms with van der Waals surface area (Å²) in [6.07, 6.45) is 1.81. The van der Waals surface area contributed by atoms with Gasteiger partial charge in [-0.05, 0) is 55.0 Å². The first-order chi connectivity index (χ1) is 10.1. The number of carbonyl (C=O) groups is 1. The molecular formula is C17H16BrClO2. The lowest BCUT2D eigenvalue weighted by atomic mass is 10.1. The van der Waals surface area contributed by atoms with Crippen LogP contribution in [-0.4, -0.2) is 10.6 Å². The standard InChI is InChI=1S/C17H16BrClO2/c1-2-3-16(18)17(20)12-4-8-14(9-5-12)21-15-10-6-13(19)7-11-15/h4-11,16H,2-3H2,1H3. The predicted octanol–water partition coefficient (Wildman–Crippen LogP) is 5.88. The number of ketones is 1. The first-order valence-electron chi connectivity index (χ1n) is 6.82. The van der Waals surface area contributed by atoms with Crippen LogP contribution in [0.2, 0.25) is 5.02 Å². The minimum absolute atomic E-state index is 0.106. The molecule has 0 radical (unpaired) electrons. The third-order valence-electron chi connectivity index (χ3n) is 3.01. The summed E-state index contributed by atoms with van der Waals surface area (Å²) >= 11 is 9.25. The summed E-state index contributed by atoms with van der Waals surface area (Å²) in [5.41, 5.74) is 0.689. The average Bonchev–Trinajstić information content (AvgIpc) is 2.50. The number of benzene rings is 2. The highest BCUT2D eigenvalue weighted by Gasteiger charge is 2.15. The Labute approximate surface area is 138 Å². The molecule has 1 unspecified atom stereocenters. The molecule has 2 nitrogen and oxygen atoms in total. The molecule has 2 rings (SSSR count). The fourth-order valence-electron chi connectivity index (χ4n) is 1.89. The number of hydrogen-bond acceptors (Lipinski definition) is 2. The van der Waals surface area contributed by atoms with Gasteiger partial charge >= 0.3 is 0 Å². The largest absolute Gasteiger partial charge is 0.457 e. The van der Waals surface area contributed by atoms with Crippen molar-refractivity contribution in [2.24, 2.45) is 0 Å². The molecule has 0 saturated carbocycles. The second kappa shape index (κ2) is 7.62. The highest BCUT2D eigenvalue weighted by atomic mass is 79.9. The maximum atomic E-state index is 12.1. The molecule has 21 heavy (non-hydrogen) atoms. The molecule has 110 valence electrons. The van der Waals surface area contributed by atoms with Gasteiger partial charge in [0.15, 0.2) is 5.78 Å². The van der Waals surface area contributed by atoms with Crippen LogP contribution < -0.4 is 4.74 Å². The Morgan fingerprint density at radius 3 is 2.14 bits per heavy atom. The van der Waals surface area contributed by atoms with Crippen molar-refractivity contribution in [1.82, 2.24) is 0 Å². The summed E-state index contributed by atoms with van der Waals surface area (Å²) in [7, 11) is 0. The fraction of sp³-hybridized carbons (Fsp3) is 0.235. The van der Waals surface area contributed by atoms with E-state index in [0.717, 1.165) is 12.8 Å². The van der Waals surface area contributed by atoms with Crippen molar-refractivity contribution in [3.63, 3.8) is 0 Å². The second-order valence-electron chi connectivity index (χ2n) is 4.70. The summed E-state index contributed by atoms with van der Waals surface area (Å²) in [5.74, 6) is 1.51. The van der Waals surface area contributed by atoms with Crippen molar-refractivity contribution in [2.75, 3.05) is 0 Å². The molecule has 4 heteroatoms. The van der Waals surface area contributed by atoms with Gasteiger partial charge in [-0.2, -0.15) is 0 Å². The molecule has 1 atom stereocenters. The fourth-order valence-corrected chi connectivity index (χ4v) is 2.74. The van der Waals surface area contributed by atoms with E-state index < -0.39 is 0 Å². The van der Waals surface area contributed by atoms with E-state index in [1.807, 2.05) is 0 Å². The second-order valence-corrected chi connectivity index (χ2v) is 6.24. The summed E-state index contributed by atoms with van der Waals surface area (Å²) < 4.78 is 5.69. The zero-order valence-corrected chi connectivity index (χ0v) is 14.0.